The summed E-state index contributed by atoms with van der Waals surface area (Å²) in [6.07, 6.45) is 4.66. The third-order valence-corrected chi connectivity index (χ3v) is 8.33. The normalized spacial score (nSPS) is 24.8. The van der Waals surface area contributed by atoms with E-state index in [9.17, 15) is 33.6 Å². The zero-order valence-electron chi connectivity index (χ0n) is 30.2. The highest BCUT2D eigenvalue weighted by Crippen LogP contribution is 2.09. The van der Waals surface area contributed by atoms with Crippen molar-refractivity contribution in [1.29, 1.82) is 0 Å². The van der Waals surface area contributed by atoms with Crippen LogP contribution in [0.4, 0.5) is 0 Å². The molecule has 0 spiro atoms. The smallest absolute Gasteiger partial charge is 0.243 e. The van der Waals surface area contributed by atoms with Crippen LogP contribution in [-0.2, 0) is 33.6 Å². The lowest BCUT2D eigenvalue weighted by Crippen LogP contribution is -2.60. The molecule has 0 aromatic carbocycles. The van der Waals surface area contributed by atoms with Gasteiger partial charge >= 0.3 is 0 Å². The molecule has 49 heavy (non-hydrogen) atoms. The standard InChI is InChI=1S/C33H61N9O7/c1-21(43)16-17-27-33(49)41-25(14-8-11-19-35-5)31(47)38-22(2)28(44)39-24(13-7-10-18-34-4)30(46)37-23(3)29(45)40-26(32(48)42-27)15-9-12-20-36-6/h22-27,34-36H,7-20H2,1-6H3,(H,37,46)(H,38,47)(H,39,44)(H,40,45)(H,41,49)(H,42,48)/t22-,23-,24+,25+,26+,27-/m1/s1. The van der Waals surface area contributed by atoms with Crippen LogP contribution in [0.1, 0.15) is 91.4 Å². The van der Waals surface area contributed by atoms with E-state index < -0.39 is 71.7 Å². The Bertz CT molecular complexity index is 1080. The van der Waals surface area contributed by atoms with Crippen molar-refractivity contribution in [3.63, 3.8) is 0 Å². The maximum atomic E-state index is 13.6. The van der Waals surface area contributed by atoms with Crippen LogP contribution in [0, 0.1) is 0 Å². The van der Waals surface area contributed by atoms with Crippen LogP contribution in [-0.4, -0.2) is 118 Å². The van der Waals surface area contributed by atoms with Crippen LogP contribution in [0.2, 0.25) is 0 Å². The van der Waals surface area contributed by atoms with Crippen molar-refractivity contribution < 1.29 is 33.6 Å². The van der Waals surface area contributed by atoms with Gasteiger partial charge in [0, 0.05) is 6.42 Å². The van der Waals surface area contributed by atoms with Crippen LogP contribution in [0.3, 0.4) is 0 Å². The van der Waals surface area contributed by atoms with Gasteiger partial charge in [0.15, 0.2) is 0 Å². The molecule has 1 aliphatic rings. The maximum absolute atomic E-state index is 13.6. The molecule has 0 saturated carbocycles. The summed E-state index contributed by atoms with van der Waals surface area (Å²) in [5, 5.41) is 25.3. The topological polar surface area (TPSA) is 228 Å². The summed E-state index contributed by atoms with van der Waals surface area (Å²) >= 11 is 0. The van der Waals surface area contributed by atoms with Gasteiger partial charge in [0.05, 0.1) is 0 Å². The average molecular weight is 696 g/mol. The van der Waals surface area contributed by atoms with Gasteiger partial charge in [0.1, 0.15) is 42.0 Å². The fourth-order valence-electron chi connectivity index (χ4n) is 5.27. The Hall–Kier alpha value is -3.63. The van der Waals surface area contributed by atoms with Crippen molar-refractivity contribution in [2.24, 2.45) is 0 Å². The number of hydrogen-bond acceptors (Lipinski definition) is 10. The minimum Gasteiger partial charge on any atom is -0.343 e. The first-order chi connectivity index (χ1) is 23.3. The molecule has 0 aromatic rings. The number of rotatable bonds is 18. The maximum Gasteiger partial charge on any atom is 0.243 e. The van der Waals surface area contributed by atoms with Gasteiger partial charge in [-0.25, -0.2) is 0 Å². The number of nitrogens with one attached hydrogen (secondary N) is 9. The number of unbranched alkanes of at least 4 members (excludes halogenated alkanes) is 3. The monoisotopic (exact) mass is 695 g/mol. The predicted octanol–water partition coefficient (Wildman–Crippen LogP) is -1.51. The average Bonchev–Trinajstić information content (AvgIpc) is 3.05. The zero-order valence-corrected chi connectivity index (χ0v) is 30.2. The first-order valence-corrected chi connectivity index (χ1v) is 17.6. The van der Waals surface area contributed by atoms with Crippen molar-refractivity contribution in [2.75, 3.05) is 40.8 Å². The molecule has 280 valence electrons. The molecular weight excluding hydrogens is 634 g/mol. The number of amides is 6. The van der Waals surface area contributed by atoms with Crippen LogP contribution in [0.5, 0.6) is 0 Å². The lowest BCUT2D eigenvalue weighted by atomic mass is 10.0. The highest BCUT2D eigenvalue weighted by atomic mass is 16.2. The van der Waals surface area contributed by atoms with Gasteiger partial charge in [-0.3, -0.25) is 28.8 Å². The van der Waals surface area contributed by atoms with Gasteiger partial charge in [-0.15, -0.1) is 0 Å². The van der Waals surface area contributed by atoms with Crippen LogP contribution >= 0.6 is 0 Å². The molecule has 6 atom stereocenters. The number of Topliss-reactive ketones (excluding diaryl/α,β-unsaturated/α-hetero) is 1. The van der Waals surface area contributed by atoms with Crippen molar-refractivity contribution in [3.8, 4) is 0 Å². The van der Waals surface area contributed by atoms with Crippen molar-refractivity contribution in [1.82, 2.24) is 47.9 Å². The van der Waals surface area contributed by atoms with E-state index >= 15 is 0 Å². The number of carbonyl (C=O) groups is 7. The van der Waals surface area contributed by atoms with Gasteiger partial charge in [-0.1, -0.05) is 0 Å². The molecule has 0 aliphatic carbocycles. The van der Waals surface area contributed by atoms with E-state index in [2.05, 4.69) is 47.9 Å². The van der Waals surface area contributed by atoms with E-state index in [1.807, 2.05) is 7.05 Å². The Morgan fingerprint density at radius 3 is 1.06 bits per heavy atom. The van der Waals surface area contributed by atoms with Gasteiger partial charge < -0.3 is 52.6 Å². The molecule has 1 aliphatic heterocycles. The SMILES string of the molecule is CNCCCC[C@@H]1NC(=O)[C@@H](C)NC(=O)[C@H](CCCCNC)NC(=O)[C@@H](CCC(C)=O)NC(=O)[C@H](CCCCNC)NC(=O)[C@@H](C)NC1=O. The minimum absolute atomic E-state index is 0.00696. The van der Waals surface area contributed by atoms with Gasteiger partial charge in [0.2, 0.25) is 35.4 Å². The fraction of sp³-hybridized carbons (Fsp3) is 0.788. The van der Waals surface area contributed by atoms with Crippen molar-refractivity contribution in [2.45, 2.75) is 128 Å². The molecule has 0 bridgehead atoms. The van der Waals surface area contributed by atoms with Gasteiger partial charge in [0.25, 0.3) is 0 Å². The zero-order chi connectivity index (χ0) is 36.8. The third kappa shape index (κ3) is 17.5. The van der Waals surface area contributed by atoms with Crippen molar-refractivity contribution in [3.05, 3.63) is 0 Å². The fourth-order valence-corrected chi connectivity index (χ4v) is 5.27. The predicted molar refractivity (Wildman–Crippen MR) is 186 cm³/mol. The molecule has 6 amide bonds. The lowest BCUT2D eigenvalue weighted by Gasteiger charge is -2.28. The van der Waals surface area contributed by atoms with E-state index in [-0.39, 0.29) is 37.9 Å². The Kier molecular flexibility index (Phi) is 21.7. The molecule has 1 heterocycles. The molecule has 1 fully saturated rings. The van der Waals surface area contributed by atoms with Crippen LogP contribution < -0.4 is 47.9 Å². The summed E-state index contributed by atoms with van der Waals surface area (Å²) in [5.41, 5.74) is 0. The Balaban J connectivity index is 3.49. The van der Waals surface area contributed by atoms with E-state index in [0.29, 0.717) is 51.7 Å². The number of ketones is 1. The van der Waals surface area contributed by atoms with Crippen LogP contribution in [0.25, 0.3) is 0 Å². The van der Waals surface area contributed by atoms with E-state index in [4.69, 9.17) is 0 Å². The molecule has 1 rings (SSSR count). The largest absolute Gasteiger partial charge is 0.343 e. The van der Waals surface area contributed by atoms with Crippen LogP contribution in [0.15, 0.2) is 0 Å². The highest BCUT2D eigenvalue weighted by Gasteiger charge is 2.33. The summed E-state index contributed by atoms with van der Waals surface area (Å²) in [4.78, 5) is 92.6. The Labute approximate surface area is 290 Å². The quantitative estimate of drug-likeness (QED) is 0.0753. The van der Waals surface area contributed by atoms with Gasteiger partial charge in [-0.05, 0) is 126 Å². The molecular formula is C33H61N9O7. The molecule has 16 nitrogen and oxygen atoms in total. The van der Waals surface area contributed by atoms with Gasteiger partial charge in [-0.2, -0.15) is 0 Å². The first-order valence-electron chi connectivity index (χ1n) is 17.6. The van der Waals surface area contributed by atoms with Crippen molar-refractivity contribution >= 4 is 41.2 Å². The molecule has 1 saturated heterocycles. The minimum atomic E-state index is -1.18. The highest BCUT2D eigenvalue weighted by molar-refractivity contribution is 5.98. The van der Waals surface area contributed by atoms with E-state index in [1.165, 1.54) is 20.8 Å². The summed E-state index contributed by atoms with van der Waals surface area (Å²) in [6.45, 7) is 6.42. The summed E-state index contributed by atoms with van der Waals surface area (Å²) < 4.78 is 0. The second-order valence-corrected chi connectivity index (χ2v) is 12.7. The molecule has 9 N–H and O–H groups in total. The summed E-state index contributed by atoms with van der Waals surface area (Å²) in [7, 11) is 5.42. The molecule has 16 heteroatoms. The number of hydrogen-bond donors (Lipinski definition) is 9. The lowest BCUT2D eigenvalue weighted by molar-refractivity contribution is -0.136. The second kappa shape index (κ2) is 24.5. The Morgan fingerprint density at radius 2 is 0.755 bits per heavy atom. The second-order valence-electron chi connectivity index (χ2n) is 12.7. The molecule has 0 unspecified atom stereocenters. The summed E-state index contributed by atoms with van der Waals surface area (Å²) in [5.74, 6) is -3.87. The number of carbonyl (C=O) groups excluding carboxylic acids is 7. The third-order valence-electron chi connectivity index (χ3n) is 8.33. The Morgan fingerprint density at radius 1 is 0.469 bits per heavy atom. The first kappa shape index (κ1) is 43.4. The molecule has 0 aromatic heterocycles. The van der Waals surface area contributed by atoms with E-state index in [0.717, 1.165) is 6.42 Å². The molecule has 0 radical (unpaired) electrons. The van der Waals surface area contributed by atoms with E-state index in [1.54, 1.807) is 14.1 Å². The summed E-state index contributed by atoms with van der Waals surface area (Å²) in [6, 6.07) is -6.39.